The fraction of sp³-hybridized carbons (Fsp3) is 0.357. The summed E-state index contributed by atoms with van der Waals surface area (Å²) in [5.74, 6) is 0.809. The molecule has 5 heteroatoms. The van der Waals surface area contributed by atoms with Crippen molar-refractivity contribution in [1.29, 1.82) is 0 Å². The topological polar surface area (TPSA) is 41.9 Å². The maximum atomic E-state index is 11.0. The highest BCUT2D eigenvalue weighted by molar-refractivity contribution is 6.99. The molecule has 0 amide bonds. The molecule has 0 saturated carbocycles. The third-order valence-corrected chi connectivity index (χ3v) is 11.8. The second kappa shape index (κ2) is 9.81. The van der Waals surface area contributed by atoms with Crippen LogP contribution in [0.5, 0.6) is 5.75 Å². The van der Waals surface area contributed by atoms with Gasteiger partial charge in [-0.15, -0.1) is 0 Å². The molecule has 0 bridgehead atoms. The third kappa shape index (κ3) is 4.64. The van der Waals surface area contributed by atoms with E-state index in [0.717, 1.165) is 24.2 Å². The number of hydrogen-bond donors (Lipinski definition) is 1. The lowest BCUT2D eigenvalue weighted by Crippen LogP contribution is -2.68. The van der Waals surface area contributed by atoms with E-state index in [9.17, 15) is 5.21 Å². The van der Waals surface area contributed by atoms with Crippen LogP contribution >= 0.6 is 0 Å². The van der Waals surface area contributed by atoms with Gasteiger partial charge in [0, 0.05) is 6.54 Å². The molecule has 3 aromatic rings. The van der Waals surface area contributed by atoms with E-state index in [1.165, 1.54) is 15.4 Å². The SMILES string of the molecule is COc1ccc([C@@H]2[C@@H](O[Si](c3ccccc3)(c3ccccc3)C(C)(C)C)CCCN2O)cc1. The van der Waals surface area contributed by atoms with Crippen LogP contribution in [0.4, 0.5) is 0 Å². The van der Waals surface area contributed by atoms with E-state index in [0.29, 0.717) is 6.54 Å². The molecule has 33 heavy (non-hydrogen) atoms. The van der Waals surface area contributed by atoms with Crippen molar-refractivity contribution in [1.82, 2.24) is 5.06 Å². The van der Waals surface area contributed by atoms with Crippen LogP contribution in [-0.2, 0) is 4.43 Å². The summed E-state index contributed by atoms with van der Waals surface area (Å²) >= 11 is 0. The number of hydrogen-bond acceptors (Lipinski definition) is 4. The van der Waals surface area contributed by atoms with Crippen molar-refractivity contribution in [2.45, 2.75) is 50.8 Å². The molecular formula is C28H35NO3Si. The van der Waals surface area contributed by atoms with Crippen molar-refractivity contribution in [3.8, 4) is 5.75 Å². The smallest absolute Gasteiger partial charge is 0.261 e. The van der Waals surface area contributed by atoms with E-state index >= 15 is 0 Å². The van der Waals surface area contributed by atoms with E-state index in [1.807, 2.05) is 24.3 Å². The van der Waals surface area contributed by atoms with Crippen LogP contribution in [0, 0.1) is 0 Å². The minimum Gasteiger partial charge on any atom is -0.497 e. The van der Waals surface area contributed by atoms with Gasteiger partial charge in [0.2, 0.25) is 0 Å². The Morgan fingerprint density at radius 1 is 0.848 bits per heavy atom. The first kappa shape index (κ1) is 23.7. The number of benzene rings is 3. The zero-order valence-corrected chi connectivity index (χ0v) is 21.1. The molecule has 2 atom stereocenters. The van der Waals surface area contributed by atoms with Gasteiger partial charge in [-0.2, -0.15) is 5.06 Å². The van der Waals surface area contributed by atoms with Gasteiger partial charge in [0.05, 0.1) is 19.3 Å². The maximum absolute atomic E-state index is 11.0. The Balaban J connectivity index is 1.83. The monoisotopic (exact) mass is 461 g/mol. The molecule has 1 N–H and O–H groups in total. The normalized spacial score (nSPS) is 19.9. The lowest BCUT2D eigenvalue weighted by Gasteiger charge is -2.48. The molecule has 0 aromatic heterocycles. The molecule has 4 nitrogen and oxygen atoms in total. The van der Waals surface area contributed by atoms with Gasteiger partial charge in [-0.1, -0.05) is 93.6 Å². The van der Waals surface area contributed by atoms with Gasteiger partial charge in [0.25, 0.3) is 8.32 Å². The van der Waals surface area contributed by atoms with Crippen molar-refractivity contribution < 1.29 is 14.4 Å². The minimum atomic E-state index is -2.72. The van der Waals surface area contributed by atoms with E-state index in [4.69, 9.17) is 9.16 Å². The second-order valence-electron chi connectivity index (χ2n) is 9.84. The molecule has 0 radical (unpaired) electrons. The first-order valence-electron chi connectivity index (χ1n) is 11.7. The van der Waals surface area contributed by atoms with Crippen LogP contribution in [0.3, 0.4) is 0 Å². The van der Waals surface area contributed by atoms with Gasteiger partial charge in [-0.05, 0) is 45.9 Å². The number of rotatable bonds is 6. The van der Waals surface area contributed by atoms with Crippen LogP contribution in [0.25, 0.3) is 0 Å². The Morgan fingerprint density at radius 2 is 1.39 bits per heavy atom. The summed E-state index contributed by atoms with van der Waals surface area (Å²) < 4.78 is 12.8. The molecule has 1 fully saturated rings. The largest absolute Gasteiger partial charge is 0.497 e. The fourth-order valence-electron chi connectivity index (χ4n) is 5.17. The van der Waals surface area contributed by atoms with Crippen molar-refractivity contribution in [2.75, 3.05) is 13.7 Å². The number of ether oxygens (including phenoxy) is 1. The van der Waals surface area contributed by atoms with Gasteiger partial charge in [0.1, 0.15) is 5.75 Å². The van der Waals surface area contributed by atoms with Crippen LogP contribution in [0.1, 0.15) is 45.2 Å². The standard InChI is InChI=1S/C28H35NO3Si/c1-28(2,3)33(24-12-7-5-8-13-24,25-14-9-6-10-15-25)32-26-16-11-21-29(30)27(26)22-17-19-23(31-4)20-18-22/h5-10,12-15,17-20,26-27,30H,11,16,21H2,1-4H3/t26-,27+/m0/s1. The Morgan fingerprint density at radius 3 is 1.88 bits per heavy atom. The molecule has 3 aromatic carbocycles. The Kier molecular flexibility index (Phi) is 7.05. The second-order valence-corrected chi connectivity index (χ2v) is 14.1. The molecule has 4 rings (SSSR count). The van der Waals surface area contributed by atoms with Crippen molar-refractivity contribution in [3.05, 3.63) is 90.5 Å². The van der Waals surface area contributed by atoms with E-state index in [2.05, 4.69) is 81.4 Å². The predicted molar refractivity (Wildman–Crippen MR) is 136 cm³/mol. The molecule has 1 aliphatic heterocycles. The van der Waals surface area contributed by atoms with Crippen LogP contribution in [0.15, 0.2) is 84.9 Å². The van der Waals surface area contributed by atoms with Crippen LogP contribution < -0.4 is 15.1 Å². The van der Waals surface area contributed by atoms with Gasteiger partial charge in [0.15, 0.2) is 0 Å². The molecule has 1 heterocycles. The molecule has 174 valence electrons. The predicted octanol–water partition coefficient (Wildman–Crippen LogP) is 5.17. The van der Waals surface area contributed by atoms with Crippen molar-refractivity contribution >= 4 is 18.7 Å². The average molecular weight is 462 g/mol. The maximum Gasteiger partial charge on any atom is 0.261 e. The van der Waals surface area contributed by atoms with Gasteiger partial charge >= 0.3 is 0 Å². The number of nitrogens with zero attached hydrogens (tertiary/aromatic N) is 1. The minimum absolute atomic E-state index is 0.113. The first-order chi connectivity index (χ1) is 15.9. The highest BCUT2D eigenvalue weighted by Gasteiger charge is 2.53. The first-order valence-corrected chi connectivity index (χ1v) is 13.7. The van der Waals surface area contributed by atoms with E-state index in [1.54, 1.807) is 7.11 Å². The summed E-state index contributed by atoms with van der Waals surface area (Å²) in [4.78, 5) is 0. The highest BCUT2D eigenvalue weighted by atomic mass is 28.4. The van der Waals surface area contributed by atoms with Crippen LogP contribution in [0.2, 0.25) is 5.04 Å². The molecule has 0 spiro atoms. The zero-order chi connectivity index (χ0) is 23.5. The Bertz CT molecular complexity index is 979. The number of methoxy groups -OCH3 is 1. The fourth-order valence-corrected chi connectivity index (χ4v) is 9.89. The van der Waals surface area contributed by atoms with Crippen molar-refractivity contribution in [2.24, 2.45) is 0 Å². The summed E-state index contributed by atoms with van der Waals surface area (Å²) in [5, 5.41) is 14.9. The van der Waals surface area contributed by atoms with Crippen LogP contribution in [-0.4, -0.2) is 38.3 Å². The van der Waals surface area contributed by atoms with E-state index in [-0.39, 0.29) is 17.2 Å². The quantitative estimate of drug-likeness (QED) is 0.515. The Hall–Kier alpha value is -2.44. The summed E-state index contributed by atoms with van der Waals surface area (Å²) in [6.07, 6.45) is 1.66. The summed E-state index contributed by atoms with van der Waals surface area (Å²) in [5.41, 5.74) is 1.04. The zero-order valence-electron chi connectivity index (χ0n) is 20.1. The lowest BCUT2D eigenvalue weighted by atomic mass is 9.94. The number of hydroxylamine groups is 2. The highest BCUT2D eigenvalue weighted by Crippen LogP contribution is 2.42. The molecule has 1 saturated heterocycles. The van der Waals surface area contributed by atoms with Crippen molar-refractivity contribution in [3.63, 3.8) is 0 Å². The van der Waals surface area contributed by atoms with Gasteiger partial charge < -0.3 is 14.4 Å². The molecular weight excluding hydrogens is 426 g/mol. The van der Waals surface area contributed by atoms with E-state index < -0.39 is 8.32 Å². The summed E-state index contributed by atoms with van der Waals surface area (Å²) in [6.45, 7) is 7.51. The molecule has 0 aliphatic carbocycles. The molecule has 0 unspecified atom stereocenters. The lowest BCUT2D eigenvalue weighted by molar-refractivity contribution is -0.173. The summed E-state index contributed by atoms with van der Waals surface area (Å²) in [7, 11) is -1.05. The Labute approximate surface area is 198 Å². The van der Waals surface area contributed by atoms with Gasteiger partial charge in [-0.25, -0.2) is 0 Å². The third-order valence-electron chi connectivity index (χ3n) is 6.75. The number of piperidine rings is 1. The molecule has 1 aliphatic rings. The van der Waals surface area contributed by atoms with Gasteiger partial charge in [-0.3, -0.25) is 0 Å². The summed E-state index contributed by atoms with van der Waals surface area (Å²) in [6, 6.07) is 29.2. The average Bonchev–Trinajstić information content (AvgIpc) is 2.83.